The van der Waals surface area contributed by atoms with Crippen LogP contribution in [-0.2, 0) is 4.79 Å². The van der Waals surface area contributed by atoms with Crippen LogP contribution in [-0.4, -0.2) is 29.0 Å². The molecular formula is C14H19N3O2. The average Bonchev–Trinajstić information content (AvgIpc) is 2.41. The van der Waals surface area contributed by atoms with Gasteiger partial charge in [0.15, 0.2) is 5.70 Å². The summed E-state index contributed by atoms with van der Waals surface area (Å²) in [5.41, 5.74) is 0.612. The molecule has 1 amide bonds. The molecule has 0 radical (unpaired) electrons. The largest absolute Gasteiger partial charge is 0.510 e. The number of allylic oxidation sites excluding steroid dienone is 1. The minimum Gasteiger partial charge on any atom is -0.510 e. The molecule has 0 aliphatic rings. The first kappa shape index (κ1) is 14.9. The Morgan fingerprint density at radius 1 is 1.21 bits per heavy atom. The highest BCUT2D eigenvalue weighted by Gasteiger charge is 2.18. The minimum absolute atomic E-state index is 0.0208. The third-order valence-corrected chi connectivity index (χ3v) is 2.62. The lowest BCUT2D eigenvalue weighted by atomic mass is 10.3. The van der Waals surface area contributed by atoms with Crippen LogP contribution in [0.4, 0.5) is 5.69 Å². The number of carbonyl (C=O) groups excluding carboxylic acids is 1. The van der Waals surface area contributed by atoms with Gasteiger partial charge in [0.2, 0.25) is 0 Å². The fourth-order valence-electron chi connectivity index (χ4n) is 1.53. The number of hydrogen-bond donors (Lipinski definition) is 1. The van der Waals surface area contributed by atoms with E-state index in [0.717, 1.165) is 0 Å². The fourth-order valence-corrected chi connectivity index (χ4v) is 1.53. The van der Waals surface area contributed by atoms with Gasteiger partial charge in [-0.2, -0.15) is 5.11 Å². The quantitative estimate of drug-likeness (QED) is 0.501. The Balaban J connectivity index is 2.95. The summed E-state index contributed by atoms with van der Waals surface area (Å²) in [6.07, 6.45) is 0. The van der Waals surface area contributed by atoms with Gasteiger partial charge in [-0.1, -0.05) is 18.2 Å². The highest BCUT2D eigenvalue weighted by Crippen LogP contribution is 2.15. The fraction of sp³-hybridized carbons (Fsp3) is 0.357. The molecule has 102 valence electrons. The van der Waals surface area contributed by atoms with Crippen LogP contribution in [0.1, 0.15) is 20.8 Å². The lowest BCUT2D eigenvalue weighted by Crippen LogP contribution is -2.31. The Morgan fingerprint density at radius 2 is 1.79 bits per heavy atom. The summed E-state index contributed by atoms with van der Waals surface area (Å²) in [6.45, 7) is 6.31. The standard InChI is InChI=1S/C14H19N3O2/c1-4-17(5-2)14(19)13(11(3)18)16-15-12-9-7-6-8-10-12/h6-10,18H,4-5H2,1-3H3. The smallest absolute Gasteiger partial charge is 0.277 e. The summed E-state index contributed by atoms with van der Waals surface area (Å²) >= 11 is 0. The predicted molar refractivity (Wildman–Crippen MR) is 74.2 cm³/mol. The molecule has 5 heteroatoms. The van der Waals surface area contributed by atoms with Gasteiger partial charge < -0.3 is 10.0 Å². The SMILES string of the molecule is CCN(CC)C(=O)C(N=Nc1ccccc1)=C(C)O. The van der Waals surface area contributed by atoms with E-state index in [1.807, 2.05) is 32.0 Å². The van der Waals surface area contributed by atoms with Crippen LogP contribution in [0.3, 0.4) is 0 Å². The van der Waals surface area contributed by atoms with Gasteiger partial charge >= 0.3 is 0 Å². The molecule has 5 nitrogen and oxygen atoms in total. The van der Waals surface area contributed by atoms with Gasteiger partial charge in [-0.05, 0) is 32.9 Å². The molecule has 0 atom stereocenters. The third-order valence-electron chi connectivity index (χ3n) is 2.62. The number of carbonyl (C=O) groups is 1. The van der Waals surface area contributed by atoms with Crippen molar-refractivity contribution in [3.63, 3.8) is 0 Å². The Labute approximate surface area is 113 Å². The molecule has 0 bridgehead atoms. The maximum atomic E-state index is 12.1. The van der Waals surface area contributed by atoms with Crippen LogP contribution in [0.15, 0.2) is 52.0 Å². The number of likely N-dealkylation sites (N-methyl/N-ethyl adjacent to an activating group) is 1. The summed E-state index contributed by atoms with van der Waals surface area (Å²) in [5.74, 6) is -0.443. The molecule has 1 aromatic rings. The number of hydrogen-bond acceptors (Lipinski definition) is 4. The van der Waals surface area contributed by atoms with Crippen molar-refractivity contribution >= 4 is 11.6 Å². The van der Waals surface area contributed by atoms with Crippen molar-refractivity contribution in [2.24, 2.45) is 10.2 Å². The summed E-state index contributed by atoms with van der Waals surface area (Å²) in [6, 6.07) is 9.07. The van der Waals surface area contributed by atoms with Crippen LogP contribution >= 0.6 is 0 Å². The first-order valence-corrected chi connectivity index (χ1v) is 6.26. The topological polar surface area (TPSA) is 65.3 Å². The molecule has 1 rings (SSSR count). The zero-order valence-electron chi connectivity index (χ0n) is 11.5. The highest BCUT2D eigenvalue weighted by molar-refractivity contribution is 5.93. The van der Waals surface area contributed by atoms with Gasteiger partial charge in [-0.3, -0.25) is 4.79 Å². The highest BCUT2D eigenvalue weighted by atomic mass is 16.3. The summed E-state index contributed by atoms with van der Waals surface area (Å²) in [5, 5.41) is 17.4. The number of aliphatic hydroxyl groups is 1. The molecule has 19 heavy (non-hydrogen) atoms. The molecule has 0 aromatic heterocycles. The Hall–Kier alpha value is -2.17. The summed E-state index contributed by atoms with van der Waals surface area (Å²) in [7, 11) is 0. The maximum Gasteiger partial charge on any atom is 0.277 e. The van der Waals surface area contributed by atoms with Gasteiger partial charge in [0.1, 0.15) is 5.76 Å². The average molecular weight is 261 g/mol. The van der Waals surface area contributed by atoms with Crippen molar-refractivity contribution in [1.82, 2.24) is 4.90 Å². The number of amides is 1. The van der Waals surface area contributed by atoms with Crippen LogP contribution in [0.5, 0.6) is 0 Å². The lowest BCUT2D eigenvalue weighted by molar-refractivity contribution is -0.127. The van der Waals surface area contributed by atoms with E-state index in [0.29, 0.717) is 18.8 Å². The molecular weight excluding hydrogens is 242 g/mol. The second kappa shape index (κ2) is 7.31. The molecule has 0 aliphatic heterocycles. The first-order valence-electron chi connectivity index (χ1n) is 6.26. The second-order valence-electron chi connectivity index (χ2n) is 3.95. The molecule has 0 saturated carbocycles. The van der Waals surface area contributed by atoms with Crippen LogP contribution in [0.2, 0.25) is 0 Å². The molecule has 1 N–H and O–H groups in total. The molecule has 0 fully saturated rings. The summed E-state index contributed by atoms with van der Waals surface area (Å²) < 4.78 is 0. The number of nitrogens with zero attached hydrogens (tertiary/aromatic N) is 3. The molecule has 0 spiro atoms. The monoisotopic (exact) mass is 261 g/mol. The third kappa shape index (κ3) is 4.21. The van der Waals surface area contributed by atoms with Gasteiger partial charge in [0.05, 0.1) is 5.69 Å². The number of benzene rings is 1. The van der Waals surface area contributed by atoms with E-state index in [1.165, 1.54) is 6.92 Å². The van der Waals surface area contributed by atoms with E-state index in [1.54, 1.807) is 17.0 Å². The Kier molecular flexibility index (Phi) is 5.73. The van der Waals surface area contributed by atoms with E-state index in [9.17, 15) is 9.90 Å². The molecule has 0 unspecified atom stereocenters. The number of aliphatic hydroxyl groups excluding tert-OH is 1. The van der Waals surface area contributed by atoms with Crippen molar-refractivity contribution in [3.05, 3.63) is 41.8 Å². The normalized spacial score (nSPS) is 12.4. The van der Waals surface area contributed by atoms with Crippen LogP contribution < -0.4 is 0 Å². The molecule has 0 aliphatic carbocycles. The second-order valence-corrected chi connectivity index (χ2v) is 3.95. The van der Waals surface area contributed by atoms with E-state index in [2.05, 4.69) is 10.2 Å². The van der Waals surface area contributed by atoms with Crippen molar-refractivity contribution < 1.29 is 9.90 Å². The van der Waals surface area contributed by atoms with Crippen molar-refractivity contribution in [3.8, 4) is 0 Å². The van der Waals surface area contributed by atoms with Crippen molar-refractivity contribution in [1.29, 1.82) is 0 Å². The minimum atomic E-state index is -0.315. The molecule has 0 saturated heterocycles. The van der Waals surface area contributed by atoms with Gasteiger partial charge in [0.25, 0.3) is 5.91 Å². The Bertz CT molecular complexity index is 473. The number of rotatable bonds is 5. The van der Waals surface area contributed by atoms with E-state index in [-0.39, 0.29) is 17.4 Å². The number of azo groups is 1. The maximum absolute atomic E-state index is 12.1. The molecule has 1 aromatic carbocycles. The predicted octanol–water partition coefficient (Wildman–Crippen LogP) is 3.43. The zero-order valence-corrected chi connectivity index (χ0v) is 11.5. The van der Waals surface area contributed by atoms with Gasteiger partial charge in [-0.25, -0.2) is 0 Å². The zero-order chi connectivity index (χ0) is 14.3. The first-order chi connectivity index (χ1) is 9.10. The van der Waals surface area contributed by atoms with Crippen LogP contribution in [0.25, 0.3) is 0 Å². The summed E-state index contributed by atoms with van der Waals surface area (Å²) in [4.78, 5) is 13.7. The van der Waals surface area contributed by atoms with Crippen molar-refractivity contribution in [2.45, 2.75) is 20.8 Å². The van der Waals surface area contributed by atoms with Crippen LogP contribution in [0, 0.1) is 0 Å². The molecule has 0 heterocycles. The lowest BCUT2D eigenvalue weighted by Gasteiger charge is -2.18. The van der Waals surface area contributed by atoms with E-state index >= 15 is 0 Å². The van der Waals surface area contributed by atoms with Crippen molar-refractivity contribution in [2.75, 3.05) is 13.1 Å². The van der Waals surface area contributed by atoms with E-state index < -0.39 is 0 Å². The van der Waals surface area contributed by atoms with E-state index in [4.69, 9.17) is 0 Å². The Morgan fingerprint density at radius 3 is 2.26 bits per heavy atom. The van der Waals surface area contributed by atoms with Gasteiger partial charge in [0, 0.05) is 13.1 Å². The van der Waals surface area contributed by atoms with Gasteiger partial charge in [-0.15, -0.1) is 5.11 Å².